The van der Waals surface area contributed by atoms with Gasteiger partial charge in [-0.05, 0) is 36.8 Å². The van der Waals surface area contributed by atoms with Crippen LogP contribution in [0.3, 0.4) is 0 Å². The first-order chi connectivity index (χ1) is 8.63. The third kappa shape index (κ3) is 1.50. The van der Waals surface area contributed by atoms with Crippen molar-refractivity contribution in [1.82, 2.24) is 0 Å². The Labute approximate surface area is 107 Å². The van der Waals surface area contributed by atoms with E-state index in [-0.39, 0.29) is 5.60 Å². The van der Waals surface area contributed by atoms with E-state index in [0.29, 0.717) is 0 Å². The molecule has 0 spiro atoms. The second-order valence-electron chi connectivity index (χ2n) is 5.52. The summed E-state index contributed by atoms with van der Waals surface area (Å²) in [5.74, 6) is -0.686. The van der Waals surface area contributed by atoms with Crippen molar-refractivity contribution in [2.45, 2.75) is 43.1 Å². The standard InChI is InChI=1S/C15H18O3/c1-18-15(9-10-15)12-5-3-11(4-6-12)14(13(16)17)7-2-8-14/h3-6H,2,7-10H2,1H3,(H,16,17). The number of hydrogen-bond donors (Lipinski definition) is 1. The Morgan fingerprint density at radius 2 is 1.67 bits per heavy atom. The zero-order chi connectivity index (χ0) is 12.8. The number of ether oxygens (including phenoxy) is 1. The van der Waals surface area contributed by atoms with E-state index >= 15 is 0 Å². The number of aliphatic carboxylic acids is 1. The Bertz CT molecular complexity index is 467. The number of hydrogen-bond acceptors (Lipinski definition) is 2. The fourth-order valence-electron chi connectivity index (χ4n) is 2.97. The topological polar surface area (TPSA) is 46.5 Å². The van der Waals surface area contributed by atoms with Crippen LogP contribution in [0.1, 0.15) is 43.2 Å². The molecule has 2 aliphatic carbocycles. The molecule has 2 aliphatic rings. The Morgan fingerprint density at radius 3 is 2.00 bits per heavy atom. The van der Waals surface area contributed by atoms with Crippen LogP contribution in [0.5, 0.6) is 0 Å². The quantitative estimate of drug-likeness (QED) is 0.888. The highest BCUT2D eigenvalue weighted by atomic mass is 16.5. The molecule has 0 amide bonds. The van der Waals surface area contributed by atoms with Crippen LogP contribution in [0.4, 0.5) is 0 Å². The van der Waals surface area contributed by atoms with E-state index in [9.17, 15) is 9.90 Å². The first-order valence-electron chi connectivity index (χ1n) is 6.53. The average molecular weight is 246 g/mol. The summed E-state index contributed by atoms with van der Waals surface area (Å²) in [6.07, 6.45) is 4.66. The van der Waals surface area contributed by atoms with Crippen molar-refractivity contribution < 1.29 is 14.6 Å². The molecule has 0 atom stereocenters. The van der Waals surface area contributed by atoms with Gasteiger partial charge in [-0.25, -0.2) is 0 Å². The maximum Gasteiger partial charge on any atom is 0.314 e. The van der Waals surface area contributed by atoms with Gasteiger partial charge in [-0.2, -0.15) is 0 Å². The van der Waals surface area contributed by atoms with Crippen molar-refractivity contribution in [1.29, 1.82) is 0 Å². The second kappa shape index (κ2) is 3.82. The molecule has 0 saturated heterocycles. The molecule has 1 aromatic carbocycles. The maximum atomic E-state index is 11.4. The molecular weight excluding hydrogens is 228 g/mol. The number of methoxy groups -OCH3 is 1. The Kier molecular flexibility index (Phi) is 2.49. The number of carboxylic acid groups (broad SMARTS) is 1. The molecule has 3 heteroatoms. The average Bonchev–Trinajstić information content (AvgIpc) is 3.09. The second-order valence-corrected chi connectivity index (χ2v) is 5.52. The van der Waals surface area contributed by atoms with Crippen LogP contribution in [0.2, 0.25) is 0 Å². The van der Waals surface area contributed by atoms with Gasteiger partial charge < -0.3 is 9.84 Å². The van der Waals surface area contributed by atoms with Crippen molar-refractivity contribution in [3.8, 4) is 0 Å². The minimum atomic E-state index is -0.686. The summed E-state index contributed by atoms with van der Waals surface area (Å²) < 4.78 is 5.53. The molecule has 3 rings (SSSR count). The molecule has 18 heavy (non-hydrogen) atoms. The summed E-state index contributed by atoms with van der Waals surface area (Å²) in [4.78, 5) is 11.4. The van der Waals surface area contributed by atoms with Gasteiger partial charge in [0.25, 0.3) is 0 Å². The van der Waals surface area contributed by atoms with Crippen LogP contribution >= 0.6 is 0 Å². The number of rotatable bonds is 4. The first-order valence-corrected chi connectivity index (χ1v) is 6.53. The molecule has 1 aromatic rings. The highest BCUT2D eigenvalue weighted by molar-refractivity contribution is 5.82. The molecule has 3 nitrogen and oxygen atoms in total. The Morgan fingerprint density at radius 1 is 1.11 bits per heavy atom. The minimum absolute atomic E-state index is 0.0888. The summed E-state index contributed by atoms with van der Waals surface area (Å²) in [6, 6.07) is 8.02. The normalized spacial score (nSPS) is 23.2. The van der Waals surface area contributed by atoms with Gasteiger partial charge >= 0.3 is 5.97 Å². The lowest BCUT2D eigenvalue weighted by Crippen LogP contribution is -2.42. The predicted molar refractivity (Wildman–Crippen MR) is 67.5 cm³/mol. The smallest absolute Gasteiger partial charge is 0.314 e. The van der Waals surface area contributed by atoms with E-state index in [0.717, 1.165) is 37.7 Å². The van der Waals surface area contributed by atoms with Crippen LogP contribution in [0.15, 0.2) is 24.3 Å². The molecule has 2 fully saturated rings. The molecule has 0 aromatic heterocycles. The molecule has 0 radical (unpaired) electrons. The van der Waals surface area contributed by atoms with Crippen molar-refractivity contribution in [2.75, 3.05) is 7.11 Å². The molecule has 0 aliphatic heterocycles. The zero-order valence-electron chi connectivity index (χ0n) is 10.6. The summed E-state index contributed by atoms with van der Waals surface area (Å²) in [7, 11) is 1.74. The molecule has 2 saturated carbocycles. The van der Waals surface area contributed by atoms with E-state index in [2.05, 4.69) is 0 Å². The largest absolute Gasteiger partial charge is 0.481 e. The fraction of sp³-hybridized carbons (Fsp3) is 0.533. The number of carboxylic acids is 1. The van der Waals surface area contributed by atoms with Gasteiger partial charge in [0.05, 0.1) is 11.0 Å². The fourth-order valence-corrected chi connectivity index (χ4v) is 2.97. The molecule has 0 unspecified atom stereocenters. The van der Waals surface area contributed by atoms with Gasteiger partial charge in [0.2, 0.25) is 0 Å². The Hall–Kier alpha value is -1.35. The van der Waals surface area contributed by atoms with E-state index < -0.39 is 11.4 Å². The lowest BCUT2D eigenvalue weighted by atomic mass is 9.64. The van der Waals surface area contributed by atoms with Crippen LogP contribution < -0.4 is 0 Å². The summed E-state index contributed by atoms with van der Waals surface area (Å²) in [5.41, 5.74) is 1.40. The number of carbonyl (C=O) groups is 1. The molecule has 0 bridgehead atoms. The van der Waals surface area contributed by atoms with Crippen molar-refractivity contribution >= 4 is 5.97 Å². The highest BCUT2D eigenvalue weighted by Gasteiger charge is 2.47. The molecule has 96 valence electrons. The van der Waals surface area contributed by atoms with Crippen LogP contribution in [-0.2, 0) is 20.5 Å². The van der Waals surface area contributed by atoms with E-state index in [1.165, 1.54) is 5.56 Å². The molecule has 0 heterocycles. The van der Waals surface area contributed by atoms with Crippen LogP contribution in [0, 0.1) is 0 Å². The third-order valence-electron chi connectivity index (χ3n) is 4.67. The predicted octanol–water partition coefficient (Wildman–Crippen LogP) is 2.83. The van der Waals surface area contributed by atoms with E-state index in [1.54, 1.807) is 7.11 Å². The Balaban J connectivity index is 1.89. The van der Waals surface area contributed by atoms with E-state index in [4.69, 9.17) is 4.74 Å². The van der Waals surface area contributed by atoms with Gasteiger partial charge in [0, 0.05) is 7.11 Å². The lowest BCUT2D eigenvalue weighted by molar-refractivity contribution is -0.147. The summed E-state index contributed by atoms with van der Waals surface area (Å²) in [5, 5.41) is 9.40. The van der Waals surface area contributed by atoms with Gasteiger partial charge in [0.15, 0.2) is 0 Å². The van der Waals surface area contributed by atoms with Crippen molar-refractivity contribution in [2.24, 2.45) is 0 Å². The molecular formula is C15H18O3. The van der Waals surface area contributed by atoms with Crippen LogP contribution in [-0.4, -0.2) is 18.2 Å². The van der Waals surface area contributed by atoms with Gasteiger partial charge in [-0.15, -0.1) is 0 Å². The minimum Gasteiger partial charge on any atom is -0.481 e. The van der Waals surface area contributed by atoms with Crippen molar-refractivity contribution in [3.05, 3.63) is 35.4 Å². The van der Waals surface area contributed by atoms with E-state index in [1.807, 2.05) is 24.3 Å². The third-order valence-corrected chi connectivity index (χ3v) is 4.67. The van der Waals surface area contributed by atoms with Crippen LogP contribution in [0.25, 0.3) is 0 Å². The highest BCUT2D eigenvalue weighted by Crippen LogP contribution is 2.50. The number of benzene rings is 1. The first kappa shape index (κ1) is 11.7. The summed E-state index contributed by atoms with van der Waals surface area (Å²) in [6.45, 7) is 0. The van der Waals surface area contributed by atoms with Gasteiger partial charge in [-0.1, -0.05) is 30.7 Å². The maximum absolute atomic E-state index is 11.4. The molecule has 1 N–H and O–H groups in total. The van der Waals surface area contributed by atoms with Gasteiger partial charge in [0.1, 0.15) is 0 Å². The van der Waals surface area contributed by atoms with Gasteiger partial charge in [-0.3, -0.25) is 4.79 Å². The zero-order valence-corrected chi connectivity index (χ0v) is 10.6. The van der Waals surface area contributed by atoms with Crippen molar-refractivity contribution in [3.63, 3.8) is 0 Å². The lowest BCUT2D eigenvalue weighted by Gasteiger charge is -2.38. The monoisotopic (exact) mass is 246 g/mol. The summed E-state index contributed by atoms with van der Waals surface area (Å²) >= 11 is 0. The SMILES string of the molecule is COC1(c2ccc(C3(C(=O)O)CCC3)cc2)CC1.